The Hall–Kier alpha value is -1.13. The lowest BCUT2D eigenvalue weighted by Crippen LogP contribution is -2.51. The monoisotopic (exact) mass is 276 g/mol. The highest BCUT2D eigenvalue weighted by Crippen LogP contribution is 2.23. The average molecular weight is 276 g/mol. The molecule has 2 rings (SSSR count). The van der Waals surface area contributed by atoms with Crippen LogP contribution in [0.15, 0.2) is 18.5 Å². The highest BCUT2D eigenvalue weighted by molar-refractivity contribution is 5.53. The van der Waals surface area contributed by atoms with E-state index in [0.29, 0.717) is 12.0 Å². The molecule has 2 heterocycles. The average Bonchev–Trinajstić information content (AvgIpc) is 2.39. The van der Waals surface area contributed by atoms with Crippen molar-refractivity contribution in [3.8, 4) is 0 Å². The first-order chi connectivity index (χ1) is 9.58. The standard InChI is InChI=1S/C16H28N4/c1-13(2)9-18-10-15-5-6-17-11-16(15)20-8-7-19(4)12-14(20)3/h5-6,11,13-14,18H,7-10,12H2,1-4H3. The van der Waals surface area contributed by atoms with Crippen LogP contribution in [0.25, 0.3) is 0 Å². The zero-order chi connectivity index (χ0) is 14.5. The maximum Gasteiger partial charge on any atom is 0.0601 e. The van der Waals surface area contributed by atoms with Crippen LogP contribution in [0.2, 0.25) is 0 Å². The van der Waals surface area contributed by atoms with E-state index in [2.05, 4.69) is 54.0 Å². The maximum atomic E-state index is 4.33. The minimum Gasteiger partial charge on any atom is -0.365 e. The van der Waals surface area contributed by atoms with E-state index in [1.165, 1.54) is 11.3 Å². The van der Waals surface area contributed by atoms with Crippen LogP contribution >= 0.6 is 0 Å². The van der Waals surface area contributed by atoms with E-state index in [9.17, 15) is 0 Å². The van der Waals surface area contributed by atoms with Crippen LogP contribution in [0.3, 0.4) is 0 Å². The number of anilines is 1. The van der Waals surface area contributed by atoms with Gasteiger partial charge in [0.1, 0.15) is 0 Å². The molecule has 1 aromatic rings. The second-order valence-electron chi connectivity index (χ2n) is 6.33. The normalized spacial score (nSPS) is 20.6. The van der Waals surface area contributed by atoms with Gasteiger partial charge in [-0.1, -0.05) is 13.8 Å². The van der Waals surface area contributed by atoms with E-state index in [4.69, 9.17) is 0 Å². The van der Waals surface area contributed by atoms with Crippen molar-refractivity contribution in [2.75, 3.05) is 38.1 Å². The quantitative estimate of drug-likeness (QED) is 0.891. The highest BCUT2D eigenvalue weighted by atomic mass is 15.3. The SMILES string of the molecule is CC(C)CNCc1ccncc1N1CCN(C)CC1C. The molecule has 0 amide bonds. The van der Waals surface area contributed by atoms with Crippen molar-refractivity contribution < 1.29 is 0 Å². The van der Waals surface area contributed by atoms with E-state index in [1.807, 2.05) is 12.4 Å². The molecule has 1 fully saturated rings. The highest BCUT2D eigenvalue weighted by Gasteiger charge is 2.23. The van der Waals surface area contributed by atoms with Crippen LogP contribution in [0.1, 0.15) is 26.3 Å². The number of pyridine rings is 1. The number of hydrogen-bond donors (Lipinski definition) is 1. The molecule has 112 valence electrons. The van der Waals surface area contributed by atoms with E-state index < -0.39 is 0 Å². The number of likely N-dealkylation sites (N-methyl/N-ethyl adjacent to an activating group) is 1. The second-order valence-corrected chi connectivity index (χ2v) is 6.33. The molecule has 1 aliphatic rings. The number of rotatable bonds is 5. The predicted molar refractivity (Wildman–Crippen MR) is 85.1 cm³/mol. The van der Waals surface area contributed by atoms with Gasteiger partial charge in [0.2, 0.25) is 0 Å². The maximum absolute atomic E-state index is 4.33. The molecule has 1 aliphatic heterocycles. The van der Waals surface area contributed by atoms with Crippen LogP contribution in [0.4, 0.5) is 5.69 Å². The summed E-state index contributed by atoms with van der Waals surface area (Å²) >= 11 is 0. The van der Waals surface area contributed by atoms with Crippen LogP contribution in [-0.4, -0.2) is 49.2 Å². The van der Waals surface area contributed by atoms with Crippen molar-refractivity contribution in [2.24, 2.45) is 5.92 Å². The summed E-state index contributed by atoms with van der Waals surface area (Å²) in [6.07, 6.45) is 3.92. The zero-order valence-corrected chi connectivity index (χ0v) is 13.3. The van der Waals surface area contributed by atoms with Gasteiger partial charge in [-0.3, -0.25) is 4.98 Å². The largest absolute Gasteiger partial charge is 0.365 e. The number of hydrogen-bond acceptors (Lipinski definition) is 4. The van der Waals surface area contributed by atoms with Gasteiger partial charge in [0.05, 0.1) is 11.9 Å². The van der Waals surface area contributed by atoms with Crippen molar-refractivity contribution in [1.82, 2.24) is 15.2 Å². The third-order valence-electron chi connectivity index (χ3n) is 3.90. The Labute approximate surface area is 123 Å². The van der Waals surface area contributed by atoms with Crippen molar-refractivity contribution in [2.45, 2.75) is 33.4 Å². The zero-order valence-electron chi connectivity index (χ0n) is 13.3. The summed E-state index contributed by atoms with van der Waals surface area (Å²) in [7, 11) is 2.20. The van der Waals surface area contributed by atoms with Crippen molar-refractivity contribution in [3.05, 3.63) is 24.0 Å². The van der Waals surface area contributed by atoms with Gasteiger partial charge in [-0.15, -0.1) is 0 Å². The van der Waals surface area contributed by atoms with Gasteiger partial charge in [-0.05, 0) is 38.1 Å². The van der Waals surface area contributed by atoms with Crippen LogP contribution in [0.5, 0.6) is 0 Å². The number of nitrogens with zero attached hydrogens (tertiary/aromatic N) is 3. The first kappa shape index (κ1) is 15.3. The fourth-order valence-electron chi connectivity index (χ4n) is 2.82. The minimum atomic E-state index is 0.543. The molecule has 1 saturated heterocycles. The second kappa shape index (κ2) is 7.04. The Morgan fingerprint density at radius 1 is 1.40 bits per heavy atom. The van der Waals surface area contributed by atoms with Crippen LogP contribution in [0, 0.1) is 5.92 Å². The molecule has 4 heteroatoms. The fourth-order valence-corrected chi connectivity index (χ4v) is 2.82. The molecule has 4 nitrogen and oxygen atoms in total. The van der Waals surface area contributed by atoms with Gasteiger partial charge in [0.25, 0.3) is 0 Å². The van der Waals surface area contributed by atoms with E-state index >= 15 is 0 Å². The van der Waals surface area contributed by atoms with Crippen LogP contribution in [-0.2, 0) is 6.54 Å². The van der Waals surface area contributed by atoms with Crippen molar-refractivity contribution >= 4 is 5.69 Å². The Morgan fingerprint density at radius 2 is 2.20 bits per heavy atom. The molecular formula is C16H28N4. The lowest BCUT2D eigenvalue weighted by atomic mass is 10.1. The first-order valence-corrected chi connectivity index (χ1v) is 7.66. The summed E-state index contributed by atoms with van der Waals surface area (Å²) in [4.78, 5) is 9.23. The lowest BCUT2D eigenvalue weighted by molar-refractivity contribution is 0.275. The molecule has 0 saturated carbocycles. The lowest BCUT2D eigenvalue weighted by Gasteiger charge is -2.40. The Kier molecular flexibility index (Phi) is 5.38. The smallest absolute Gasteiger partial charge is 0.0601 e. The van der Waals surface area contributed by atoms with Crippen molar-refractivity contribution in [1.29, 1.82) is 0 Å². The molecule has 1 atom stereocenters. The Bertz CT molecular complexity index is 419. The summed E-state index contributed by atoms with van der Waals surface area (Å²) in [6.45, 7) is 12.1. The predicted octanol–water partition coefficient (Wildman–Crippen LogP) is 1.97. The molecule has 1 unspecified atom stereocenters. The van der Waals surface area contributed by atoms with Gasteiger partial charge in [-0.25, -0.2) is 0 Å². The molecule has 0 spiro atoms. The molecule has 1 N–H and O–H groups in total. The number of aromatic nitrogens is 1. The molecule has 0 radical (unpaired) electrons. The minimum absolute atomic E-state index is 0.543. The van der Waals surface area contributed by atoms with Crippen molar-refractivity contribution in [3.63, 3.8) is 0 Å². The summed E-state index contributed by atoms with van der Waals surface area (Å²) in [5, 5.41) is 3.54. The molecule has 1 aromatic heterocycles. The third-order valence-corrected chi connectivity index (χ3v) is 3.90. The van der Waals surface area contributed by atoms with Gasteiger partial charge < -0.3 is 15.1 Å². The van der Waals surface area contributed by atoms with Gasteiger partial charge in [0, 0.05) is 38.4 Å². The first-order valence-electron chi connectivity index (χ1n) is 7.66. The van der Waals surface area contributed by atoms with Crippen LogP contribution < -0.4 is 10.2 Å². The Balaban J connectivity index is 2.07. The van der Waals surface area contributed by atoms with Gasteiger partial charge in [-0.2, -0.15) is 0 Å². The topological polar surface area (TPSA) is 31.4 Å². The summed E-state index contributed by atoms with van der Waals surface area (Å²) in [5.74, 6) is 0.683. The molecule has 0 aromatic carbocycles. The number of piperazine rings is 1. The van der Waals surface area contributed by atoms with E-state index in [-0.39, 0.29) is 0 Å². The number of nitrogens with one attached hydrogen (secondary N) is 1. The van der Waals surface area contributed by atoms with E-state index in [0.717, 1.165) is 32.7 Å². The Morgan fingerprint density at radius 3 is 2.90 bits per heavy atom. The summed E-state index contributed by atoms with van der Waals surface area (Å²) in [6, 6.07) is 2.69. The van der Waals surface area contributed by atoms with Gasteiger partial charge in [0.15, 0.2) is 0 Å². The van der Waals surface area contributed by atoms with E-state index in [1.54, 1.807) is 0 Å². The molecular weight excluding hydrogens is 248 g/mol. The molecule has 0 bridgehead atoms. The molecule has 0 aliphatic carbocycles. The molecule has 20 heavy (non-hydrogen) atoms. The summed E-state index contributed by atoms with van der Waals surface area (Å²) in [5.41, 5.74) is 2.65. The summed E-state index contributed by atoms with van der Waals surface area (Å²) < 4.78 is 0. The fraction of sp³-hybridized carbons (Fsp3) is 0.688. The third kappa shape index (κ3) is 3.93. The van der Waals surface area contributed by atoms with Gasteiger partial charge >= 0.3 is 0 Å².